The molecule has 0 atom stereocenters. The van der Waals surface area contributed by atoms with Crippen LogP contribution in [0.25, 0.3) is 11.3 Å². The zero-order chi connectivity index (χ0) is 26.4. The van der Waals surface area contributed by atoms with Crippen molar-refractivity contribution in [1.29, 1.82) is 5.26 Å². The minimum atomic E-state index is -0.523. The van der Waals surface area contributed by atoms with Crippen molar-refractivity contribution in [3.8, 4) is 28.8 Å². The molecule has 0 unspecified atom stereocenters. The van der Waals surface area contributed by atoms with E-state index in [9.17, 15) is 4.79 Å². The highest BCUT2D eigenvalue weighted by atomic mass is 16.6. The number of alkyl carbamates (subject to hydrolysis) is 1. The highest BCUT2D eigenvalue weighted by molar-refractivity contribution is 5.76. The van der Waals surface area contributed by atoms with E-state index in [1.165, 1.54) is 12.4 Å². The fourth-order valence-electron chi connectivity index (χ4n) is 4.12. The lowest BCUT2D eigenvalue weighted by Crippen LogP contribution is -2.42. The van der Waals surface area contributed by atoms with Crippen LogP contribution in [0.15, 0.2) is 36.7 Å². The van der Waals surface area contributed by atoms with E-state index in [4.69, 9.17) is 19.5 Å². The number of carbonyl (C=O) groups excluding carboxylic acids is 1. The van der Waals surface area contributed by atoms with Crippen molar-refractivity contribution in [3.63, 3.8) is 0 Å². The molecule has 194 valence electrons. The molecule has 1 aliphatic rings. The Balaban J connectivity index is 1.43. The molecule has 1 saturated carbocycles. The molecule has 1 fully saturated rings. The Hall–Kier alpha value is -4.33. The van der Waals surface area contributed by atoms with Crippen LogP contribution in [0.3, 0.4) is 0 Å². The number of methoxy groups -OCH3 is 1. The quantitative estimate of drug-likeness (QED) is 0.415. The van der Waals surface area contributed by atoms with Crippen molar-refractivity contribution >= 4 is 17.7 Å². The number of hydrogen-bond acceptors (Lipinski definition) is 9. The molecule has 0 saturated heterocycles. The number of hydrogen-bond donors (Lipinski definition) is 3. The predicted molar refractivity (Wildman–Crippen MR) is 137 cm³/mol. The number of nitrogens with one attached hydrogen (secondary N) is 3. The van der Waals surface area contributed by atoms with Gasteiger partial charge in [0, 0.05) is 12.1 Å². The molecule has 0 bridgehead atoms. The van der Waals surface area contributed by atoms with Crippen molar-refractivity contribution in [2.75, 3.05) is 12.4 Å². The molecule has 11 heteroatoms. The van der Waals surface area contributed by atoms with Gasteiger partial charge in [0.15, 0.2) is 11.5 Å². The van der Waals surface area contributed by atoms with E-state index in [0.717, 1.165) is 31.2 Å². The second-order valence-corrected chi connectivity index (χ2v) is 9.76. The number of amides is 1. The van der Waals surface area contributed by atoms with Gasteiger partial charge in [0.2, 0.25) is 0 Å². The van der Waals surface area contributed by atoms with Crippen LogP contribution in [0.5, 0.6) is 11.5 Å². The third-order valence-corrected chi connectivity index (χ3v) is 5.77. The summed E-state index contributed by atoms with van der Waals surface area (Å²) < 4.78 is 17.4. The van der Waals surface area contributed by atoms with Gasteiger partial charge in [-0.1, -0.05) is 6.07 Å². The Labute approximate surface area is 215 Å². The van der Waals surface area contributed by atoms with Crippen LogP contribution in [0.4, 0.5) is 16.4 Å². The summed E-state index contributed by atoms with van der Waals surface area (Å²) >= 11 is 0. The summed E-state index contributed by atoms with van der Waals surface area (Å²) in [5, 5.41) is 22.3. The monoisotopic (exact) mass is 505 g/mol. The maximum Gasteiger partial charge on any atom is 0.407 e. The minimum absolute atomic E-state index is 0.00279. The first kappa shape index (κ1) is 25.8. The maximum absolute atomic E-state index is 12.1. The van der Waals surface area contributed by atoms with Gasteiger partial charge in [-0.15, -0.1) is 0 Å². The molecular weight excluding hydrogens is 474 g/mol. The molecular formula is C26H31N7O4. The van der Waals surface area contributed by atoms with E-state index in [-0.39, 0.29) is 23.9 Å². The Kier molecular flexibility index (Phi) is 7.77. The van der Waals surface area contributed by atoms with E-state index >= 15 is 0 Å². The number of aromatic amines is 1. The van der Waals surface area contributed by atoms with Gasteiger partial charge in [0.05, 0.1) is 36.9 Å². The van der Waals surface area contributed by atoms with E-state index in [0.29, 0.717) is 28.8 Å². The number of nitrogens with zero attached hydrogens (tertiary/aromatic N) is 4. The Morgan fingerprint density at radius 1 is 1.11 bits per heavy atom. The summed E-state index contributed by atoms with van der Waals surface area (Å²) in [7, 11) is 1.61. The summed E-state index contributed by atoms with van der Waals surface area (Å²) in [6.07, 6.45) is 5.66. The molecule has 2 heterocycles. The number of aromatic nitrogens is 4. The van der Waals surface area contributed by atoms with Crippen molar-refractivity contribution in [2.45, 2.75) is 64.2 Å². The molecule has 37 heavy (non-hydrogen) atoms. The lowest BCUT2D eigenvalue weighted by Gasteiger charge is -2.31. The average molecular weight is 506 g/mol. The molecule has 3 N–H and O–H groups in total. The normalized spacial score (nSPS) is 17.4. The number of H-pyrrole nitrogens is 1. The standard InChI is InChI=1S/C26H31N7O4/c1-26(2,3)37-25(34)30-16-8-10-18(11-9-16)36-21-7-5-6-20(35-4)24(21)19-12-22(33-32-19)31-23-15-28-17(13-27)14-29-23/h5-7,12,14-16,18H,8-11H2,1-4H3,(H,30,34)(H2,29,31,32,33)/t16-,18-. The van der Waals surface area contributed by atoms with Crippen molar-refractivity contribution in [3.05, 3.63) is 42.4 Å². The fourth-order valence-corrected chi connectivity index (χ4v) is 4.12. The Bertz CT molecular complexity index is 1250. The summed E-state index contributed by atoms with van der Waals surface area (Å²) in [6, 6.07) is 9.48. The Morgan fingerprint density at radius 3 is 2.51 bits per heavy atom. The number of ether oxygens (including phenoxy) is 3. The molecule has 1 amide bonds. The third-order valence-electron chi connectivity index (χ3n) is 5.77. The van der Waals surface area contributed by atoms with E-state index in [2.05, 4.69) is 30.8 Å². The van der Waals surface area contributed by atoms with Crippen LogP contribution >= 0.6 is 0 Å². The van der Waals surface area contributed by atoms with Crippen LogP contribution in [0.2, 0.25) is 0 Å². The van der Waals surface area contributed by atoms with Crippen LogP contribution in [-0.4, -0.2) is 51.1 Å². The smallest absolute Gasteiger partial charge is 0.407 e. The van der Waals surface area contributed by atoms with Crippen molar-refractivity contribution < 1.29 is 19.0 Å². The van der Waals surface area contributed by atoms with E-state index < -0.39 is 5.60 Å². The van der Waals surface area contributed by atoms with Gasteiger partial charge in [-0.3, -0.25) is 5.10 Å². The third kappa shape index (κ3) is 6.88. The molecule has 11 nitrogen and oxygen atoms in total. The van der Waals surface area contributed by atoms with Crippen molar-refractivity contribution in [1.82, 2.24) is 25.5 Å². The van der Waals surface area contributed by atoms with Crippen LogP contribution in [-0.2, 0) is 4.74 Å². The largest absolute Gasteiger partial charge is 0.496 e. The molecule has 3 aromatic rings. The van der Waals surface area contributed by atoms with Crippen molar-refractivity contribution in [2.24, 2.45) is 0 Å². The highest BCUT2D eigenvalue weighted by Crippen LogP contribution is 2.39. The molecule has 2 aromatic heterocycles. The number of carbonyl (C=O) groups is 1. The highest BCUT2D eigenvalue weighted by Gasteiger charge is 2.27. The van der Waals surface area contributed by atoms with Gasteiger partial charge < -0.3 is 24.8 Å². The number of nitriles is 1. The maximum atomic E-state index is 12.1. The number of rotatable bonds is 7. The topological polar surface area (TPSA) is 147 Å². The van der Waals surface area contributed by atoms with Gasteiger partial charge in [0.1, 0.15) is 29.0 Å². The lowest BCUT2D eigenvalue weighted by atomic mass is 9.93. The lowest BCUT2D eigenvalue weighted by molar-refractivity contribution is 0.0471. The molecule has 0 spiro atoms. The summed E-state index contributed by atoms with van der Waals surface area (Å²) in [6.45, 7) is 5.55. The SMILES string of the molecule is COc1cccc(O[C@H]2CC[C@H](NC(=O)OC(C)(C)C)CC2)c1-c1cc(Nc2cnc(C#N)cn2)n[nH]1. The molecule has 0 radical (unpaired) electrons. The van der Waals surface area contributed by atoms with Gasteiger partial charge in [-0.2, -0.15) is 10.4 Å². The zero-order valence-electron chi connectivity index (χ0n) is 21.4. The molecule has 1 aromatic carbocycles. The first-order valence-corrected chi connectivity index (χ1v) is 12.1. The van der Waals surface area contributed by atoms with Gasteiger partial charge >= 0.3 is 6.09 Å². The van der Waals surface area contributed by atoms with Crippen LogP contribution in [0.1, 0.15) is 52.1 Å². The summed E-state index contributed by atoms with van der Waals surface area (Å²) in [4.78, 5) is 20.3. The summed E-state index contributed by atoms with van der Waals surface area (Å²) in [5.41, 5.74) is 1.17. The van der Waals surface area contributed by atoms with Crippen LogP contribution in [0, 0.1) is 11.3 Å². The van der Waals surface area contributed by atoms with Gasteiger partial charge in [-0.05, 0) is 58.6 Å². The minimum Gasteiger partial charge on any atom is -0.496 e. The first-order valence-electron chi connectivity index (χ1n) is 12.1. The van der Waals surface area contributed by atoms with Crippen LogP contribution < -0.4 is 20.1 Å². The fraction of sp³-hybridized carbons (Fsp3) is 0.423. The molecule has 4 rings (SSSR count). The Morgan fingerprint density at radius 2 is 1.86 bits per heavy atom. The summed E-state index contributed by atoms with van der Waals surface area (Å²) in [5.74, 6) is 2.31. The molecule has 1 aliphatic carbocycles. The predicted octanol–water partition coefficient (Wildman–Crippen LogP) is 4.71. The van der Waals surface area contributed by atoms with E-state index in [1.807, 2.05) is 51.1 Å². The van der Waals surface area contributed by atoms with Gasteiger partial charge in [0.25, 0.3) is 0 Å². The van der Waals surface area contributed by atoms with Gasteiger partial charge in [-0.25, -0.2) is 14.8 Å². The molecule has 0 aliphatic heterocycles. The number of anilines is 2. The van der Waals surface area contributed by atoms with E-state index in [1.54, 1.807) is 7.11 Å². The average Bonchev–Trinajstić information content (AvgIpc) is 3.32. The first-order chi connectivity index (χ1) is 17.7. The zero-order valence-corrected chi connectivity index (χ0v) is 21.4. The number of benzene rings is 1. The second kappa shape index (κ2) is 11.2. The second-order valence-electron chi connectivity index (χ2n) is 9.76.